The lowest BCUT2D eigenvalue weighted by atomic mass is 10.1. The van der Waals surface area contributed by atoms with Crippen molar-refractivity contribution in [2.45, 2.75) is 64.5 Å². The van der Waals surface area contributed by atoms with E-state index in [1.165, 1.54) is 37.1 Å². The number of carbonyl (C=O) groups excluding carboxylic acids is 5. The third-order valence-corrected chi connectivity index (χ3v) is 12.0. The summed E-state index contributed by atoms with van der Waals surface area (Å²) >= 11 is 0. The van der Waals surface area contributed by atoms with Crippen molar-refractivity contribution in [3.8, 4) is 0 Å². The minimum Gasteiger partial charge on any atom is -0.465 e. The number of benzene rings is 4. The summed E-state index contributed by atoms with van der Waals surface area (Å²) < 4.78 is 91.5. The molecule has 4 heterocycles. The first kappa shape index (κ1) is 51.6. The Morgan fingerprint density at radius 1 is 0.625 bits per heavy atom. The van der Waals surface area contributed by atoms with E-state index < -0.39 is 53.4 Å². The lowest BCUT2D eigenvalue weighted by Gasteiger charge is -2.21. The first-order valence-electron chi connectivity index (χ1n) is 22.3. The highest BCUT2D eigenvalue weighted by atomic mass is 19.4. The maximum Gasteiger partial charge on any atom is 0.416 e. The van der Waals surface area contributed by atoms with Crippen molar-refractivity contribution >= 4 is 47.8 Å². The van der Waals surface area contributed by atoms with Gasteiger partial charge in [0, 0.05) is 26.2 Å². The number of aromatic nitrogens is 4. The lowest BCUT2D eigenvalue weighted by molar-refractivity contribution is -0.138. The van der Waals surface area contributed by atoms with Crippen LogP contribution < -0.4 is 20.4 Å². The molecular weight excluding hydrogens is 951 g/mol. The maximum absolute atomic E-state index is 13.4. The third-order valence-electron chi connectivity index (χ3n) is 12.0. The predicted octanol–water partition coefficient (Wildman–Crippen LogP) is 8.85. The minimum absolute atomic E-state index is 0.0514. The number of alkyl halides is 6. The molecule has 2 aliphatic heterocycles. The Morgan fingerprint density at radius 3 is 1.38 bits per heavy atom. The van der Waals surface area contributed by atoms with E-state index in [-0.39, 0.29) is 30.3 Å². The molecule has 2 N–H and O–H groups in total. The Labute approximate surface area is 409 Å². The zero-order chi connectivity index (χ0) is 52.1. The molecule has 8 rings (SSSR count). The van der Waals surface area contributed by atoms with Gasteiger partial charge >= 0.3 is 24.3 Å². The van der Waals surface area contributed by atoms with E-state index in [0.717, 1.165) is 29.8 Å². The number of ether oxygens (including phenoxy) is 2. The van der Waals surface area contributed by atoms with E-state index in [4.69, 9.17) is 4.74 Å². The van der Waals surface area contributed by atoms with Crippen molar-refractivity contribution in [3.63, 3.8) is 0 Å². The molecule has 21 heteroatoms. The Balaban J connectivity index is 0.000000211. The molecule has 0 unspecified atom stereocenters. The van der Waals surface area contributed by atoms with Crippen LogP contribution in [0.1, 0.15) is 117 Å². The average molecular weight is 999 g/mol. The van der Waals surface area contributed by atoms with E-state index in [9.17, 15) is 50.3 Å². The van der Waals surface area contributed by atoms with Crippen LogP contribution in [0.5, 0.6) is 0 Å². The summed E-state index contributed by atoms with van der Waals surface area (Å²) in [5.74, 6) is -0.950. The van der Waals surface area contributed by atoms with E-state index >= 15 is 0 Å². The monoisotopic (exact) mass is 998 g/mol. The first-order chi connectivity index (χ1) is 34.2. The van der Waals surface area contributed by atoms with Crippen LogP contribution in [0.15, 0.2) is 104 Å². The molecule has 0 spiro atoms. The zero-order valence-electron chi connectivity index (χ0n) is 39.3. The molecule has 72 heavy (non-hydrogen) atoms. The molecule has 2 atom stereocenters. The number of aldehydes is 1. The summed E-state index contributed by atoms with van der Waals surface area (Å²) in [4.78, 5) is 65.2. The van der Waals surface area contributed by atoms with Gasteiger partial charge in [-0.15, -0.1) is 0 Å². The summed E-state index contributed by atoms with van der Waals surface area (Å²) in [7, 11) is 2.58. The molecule has 2 amide bonds. The van der Waals surface area contributed by atoms with Gasteiger partial charge < -0.3 is 29.9 Å². The van der Waals surface area contributed by atoms with Crippen molar-refractivity contribution in [2.24, 2.45) is 0 Å². The highest BCUT2D eigenvalue weighted by molar-refractivity contribution is 6.05. The van der Waals surface area contributed by atoms with Crippen LogP contribution in [-0.4, -0.2) is 76.9 Å². The van der Waals surface area contributed by atoms with Crippen LogP contribution in [0.2, 0.25) is 0 Å². The smallest absolute Gasteiger partial charge is 0.416 e. The van der Waals surface area contributed by atoms with Crippen LogP contribution in [0.3, 0.4) is 0 Å². The standard InChI is InChI=1S/C26H25F3N4O3.C25H23F3N4O4/c1-4-21-22(23(34)30-16(2)18-8-10-19(11-9-18)25(35)36-3)24-32(12-13-33(24)31-21)15-17-6-5-7-20(14-17)26(27,28)29;1-15(17-6-8-18(9-7-17)24(35)36-2)29-22(34)21-20(14-33)30-32-11-10-31(23(21)32)13-16-4-3-5-19(12-16)25(26,27)28/h4-11,14,16H,1,12-13,15H2,2-3H3,(H,30,34);3-9,12,14-15H,10-11,13H2,1-2H3,(H,29,34)/t16-;15-/m00/s1. The summed E-state index contributed by atoms with van der Waals surface area (Å²) in [6.45, 7) is 9.41. The van der Waals surface area contributed by atoms with Crippen LogP contribution >= 0.6 is 0 Å². The minimum atomic E-state index is -4.47. The SMILES string of the molecule is C=Cc1nn2c(c1C(=O)N[C@@H](C)c1ccc(C(=O)OC)cc1)N(Cc1cccc(C(F)(F)F)c1)CC2.COC(=O)c1ccc([C@H](C)NC(=O)c2c(C=O)nn3c2N(Cc2cccc(C(F)(F)F)c2)CC3)cc1. The van der Waals surface area contributed by atoms with Gasteiger partial charge in [-0.2, -0.15) is 36.5 Å². The molecule has 0 fully saturated rings. The van der Waals surface area contributed by atoms with Gasteiger partial charge in [0.25, 0.3) is 11.8 Å². The summed E-state index contributed by atoms with van der Waals surface area (Å²) in [6.07, 6.45) is -6.93. The van der Waals surface area contributed by atoms with E-state index in [1.54, 1.807) is 77.2 Å². The second-order valence-corrected chi connectivity index (χ2v) is 16.8. The van der Waals surface area contributed by atoms with Gasteiger partial charge in [-0.25, -0.2) is 19.0 Å². The lowest BCUT2D eigenvalue weighted by Crippen LogP contribution is -2.30. The number of rotatable bonds is 14. The molecule has 0 aliphatic carbocycles. The molecule has 0 saturated heterocycles. The van der Waals surface area contributed by atoms with Gasteiger partial charge in [-0.1, -0.05) is 55.1 Å². The predicted molar refractivity (Wildman–Crippen MR) is 252 cm³/mol. The van der Waals surface area contributed by atoms with E-state index in [1.807, 2.05) is 11.8 Å². The van der Waals surface area contributed by atoms with Gasteiger partial charge in [0.15, 0.2) is 6.29 Å². The van der Waals surface area contributed by atoms with Gasteiger partial charge in [-0.05, 0) is 90.7 Å². The van der Waals surface area contributed by atoms with Crippen molar-refractivity contribution in [2.75, 3.05) is 37.1 Å². The fourth-order valence-electron chi connectivity index (χ4n) is 8.40. The van der Waals surface area contributed by atoms with Gasteiger partial charge in [0.05, 0.1) is 67.3 Å². The number of esters is 2. The molecule has 376 valence electrons. The first-order valence-corrected chi connectivity index (χ1v) is 22.3. The Hall–Kier alpha value is -8.23. The number of halogens is 6. The number of methoxy groups -OCH3 is 2. The Kier molecular flexibility index (Phi) is 15.3. The van der Waals surface area contributed by atoms with Crippen molar-refractivity contribution in [3.05, 3.63) is 171 Å². The van der Waals surface area contributed by atoms with E-state index in [0.29, 0.717) is 83.2 Å². The van der Waals surface area contributed by atoms with Crippen LogP contribution in [0, 0.1) is 0 Å². The number of hydrogen-bond acceptors (Lipinski definition) is 11. The molecule has 6 aromatic rings. The second kappa shape index (κ2) is 21.4. The number of anilines is 2. The van der Waals surface area contributed by atoms with Crippen LogP contribution in [0.25, 0.3) is 6.08 Å². The summed E-state index contributed by atoms with van der Waals surface area (Å²) in [5, 5.41) is 14.5. The Bertz CT molecular complexity index is 2800. The second-order valence-electron chi connectivity index (χ2n) is 16.8. The van der Waals surface area contributed by atoms with Crippen LogP contribution in [0.4, 0.5) is 38.0 Å². The number of hydrogen-bond donors (Lipinski definition) is 2. The molecule has 0 radical (unpaired) electrons. The largest absolute Gasteiger partial charge is 0.465 e. The number of amides is 2. The van der Waals surface area contributed by atoms with Gasteiger partial charge in [0.2, 0.25) is 0 Å². The average Bonchev–Trinajstić information content (AvgIpc) is 4.14. The number of carbonyl (C=O) groups is 5. The van der Waals surface area contributed by atoms with Gasteiger partial charge in [0.1, 0.15) is 28.5 Å². The van der Waals surface area contributed by atoms with E-state index in [2.05, 4.69) is 32.1 Å². The van der Waals surface area contributed by atoms with Crippen molar-refractivity contribution < 1.29 is 59.8 Å². The molecule has 2 aromatic heterocycles. The van der Waals surface area contributed by atoms with Gasteiger partial charge in [-0.3, -0.25) is 14.4 Å². The molecule has 0 bridgehead atoms. The highest BCUT2D eigenvalue weighted by Crippen LogP contribution is 2.35. The molecule has 4 aromatic carbocycles. The number of nitrogens with zero attached hydrogens (tertiary/aromatic N) is 6. The normalized spacial score (nSPS) is 13.8. The highest BCUT2D eigenvalue weighted by Gasteiger charge is 2.36. The third kappa shape index (κ3) is 11.3. The molecule has 15 nitrogen and oxygen atoms in total. The Morgan fingerprint density at radius 2 is 1.01 bits per heavy atom. The number of fused-ring (bicyclic) bond motifs is 2. The van der Waals surface area contributed by atoms with Crippen LogP contribution in [-0.2, 0) is 48.0 Å². The fourth-order valence-corrected chi connectivity index (χ4v) is 8.40. The molecular formula is C51H48F6N8O7. The van der Waals surface area contributed by atoms with Crippen molar-refractivity contribution in [1.82, 2.24) is 30.2 Å². The quantitative estimate of drug-likeness (QED) is 0.0607. The maximum atomic E-state index is 13.4. The topological polar surface area (TPSA) is 170 Å². The number of nitrogens with one attached hydrogen (secondary N) is 2. The molecule has 0 saturated carbocycles. The summed E-state index contributed by atoms with van der Waals surface area (Å²) in [5.41, 5.74) is 2.39. The molecule has 2 aliphatic rings. The fraction of sp³-hybridized carbons (Fsp3) is 0.275. The summed E-state index contributed by atoms with van der Waals surface area (Å²) in [6, 6.07) is 22.5. The van der Waals surface area contributed by atoms with Crippen molar-refractivity contribution in [1.29, 1.82) is 0 Å². The zero-order valence-corrected chi connectivity index (χ0v) is 39.3.